The summed E-state index contributed by atoms with van der Waals surface area (Å²) in [5.41, 5.74) is 5.48. The zero-order valence-corrected chi connectivity index (χ0v) is 9.98. The van der Waals surface area contributed by atoms with Gasteiger partial charge in [0.25, 0.3) is 0 Å². The van der Waals surface area contributed by atoms with Crippen LogP contribution in [0.3, 0.4) is 0 Å². The molecule has 0 saturated heterocycles. The van der Waals surface area contributed by atoms with Gasteiger partial charge >= 0.3 is 6.18 Å². The third-order valence-electron chi connectivity index (χ3n) is 2.10. The van der Waals surface area contributed by atoms with Crippen molar-refractivity contribution in [2.24, 2.45) is 5.73 Å². The highest BCUT2D eigenvalue weighted by atomic mass is 79.9. The molecule has 0 spiro atoms. The van der Waals surface area contributed by atoms with E-state index < -0.39 is 17.8 Å². The molecule has 0 saturated carbocycles. The van der Waals surface area contributed by atoms with Gasteiger partial charge in [0.15, 0.2) is 0 Å². The minimum atomic E-state index is -4.35. The second-order valence-electron chi connectivity index (χ2n) is 3.40. The van der Waals surface area contributed by atoms with Crippen LogP contribution in [0.5, 0.6) is 0 Å². The summed E-state index contributed by atoms with van der Waals surface area (Å²) in [6.45, 7) is 3.51. The van der Waals surface area contributed by atoms with Gasteiger partial charge in [0.05, 0.1) is 5.56 Å². The van der Waals surface area contributed by atoms with E-state index in [-0.39, 0.29) is 0 Å². The molecule has 1 atom stereocenters. The van der Waals surface area contributed by atoms with Crippen LogP contribution in [0.2, 0.25) is 0 Å². The Hall–Kier alpha value is -0.810. The first-order valence-electron chi connectivity index (χ1n) is 4.58. The van der Waals surface area contributed by atoms with Gasteiger partial charge in [-0.05, 0) is 30.2 Å². The second kappa shape index (κ2) is 5.01. The maximum absolute atomic E-state index is 12.5. The number of hydrogen-bond donors (Lipinski definition) is 1. The van der Waals surface area contributed by atoms with Crippen LogP contribution in [0.15, 0.2) is 35.3 Å². The van der Waals surface area contributed by atoms with Gasteiger partial charge in [-0.2, -0.15) is 13.2 Å². The Morgan fingerprint density at radius 2 is 2.00 bits per heavy atom. The van der Waals surface area contributed by atoms with Crippen LogP contribution in [-0.4, -0.2) is 0 Å². The molecule has 0 bridgehead atoms. The van der Waals surface area contributed by atoms with Crippen LogP contribution < -0.4 is 5.73 Å². The molecule has 0 amide bonds. The van der Waals surface area contributed by atoms with E-state index in [0.717, 1.165) is 12.1 Å². The Morgan fingerprint density at radius 1 is 1.38 bits per heavy atom. The normalized spacial score (nSPS) is 13.6. The number of nitrogens with two attached hydrogens (primary N) is 1. The molecule has 0 aliphatic heterocycles. The van der Waals surface area contributed by atoms with Crippen LogP contribution in [0.4, 0.5) is 13.2 Å². The second-order valence-corrected chi connectivity index (χ2v) is 4.32. The van der Waals surface area contributed by atoms with Crippen LogP contribution in [0, 0.1) is 0 Å². The molecular formula is C11H11BrF3N. The molecule has 0 aliphatic carbocycles. The molecule has 5 heteroatoms. The Kier molecular flexibility index (Phi) is 4.15. The molecule has 1 aromatic carbocycles. The summed E-state index contributed by atoms with van der Waals surface area (Å²) < 4.78 is 37.9. The van der Waals surface area contributed by atoms with Crippen molar-refractivity contribution in [2.45, 2.75) is 18.6 Å². The zero-order valence-electron chi connectivity index (χ0n) is 8.39. The third-order valence-corrected chi connectivity index (χ3v) is 2.55. The fourth-order valence-corrected chi connectivity index (χ4v) is 1.82. The summed E-state index contributed by atoms with van der Waals surface area (Å²) in [5.74, 6) is 0. The van der Waals surface area contributed by atoms with Gasteiger partial charge in [-0.15, -0.1) is 6.58 Å². The van der Waals surface area contributed by atoms with Gasteiger partial charge in [0.2, 0.25) is 0 Å². The average Bonchev–Trinajstić information content (AvgIpc) is 2.16. The molecule has 1 rings (SSSR count). The maximum Gasteiger partial charge on any atom is 0.416 e. The lowest BCUT2D eigenvalue weighted by Gasteiger charge is -2.14. The smallest absolute Gasteiger partial charge is 0.324 e. The molecule has 0 aromatic heterocycles. The third kappa shape index (κ3) is 3.35. The van der Waals surface area contributed by atoms with Crippen molar-refractivity contribution in [3.8, 4) is 0 Å². The van der Waals surface area contributed by atoms with Crippen LogP contribution in [-0.2, 0) is 6.18 Å². The van der Waals surface area contributed by atoms with Gasteiger partial charge in [-0.25, -0.2) is 0 Å². The summed E-state index contributed by atoms with van der Waals surface area (Å²) >= 11 is 3.04. The molecule has 16 heavy (non-hydrogen) atoms. The van der Waals surface area contributed by atoms with Crippen molar-refractivity contribution in [1.29, 1.82) is 0 Å². The first-order valence-corrected chi connectivity index (χ1v) is 5.38. The first kappa shape index (κ1) is 13.3. The average molecular weight is 294 g/mol. The summed E-state index contributed by atoms with van der Waals surface area (Å²) in [7, 11) is 0. The van der Waals surface area contributed by atoms with E-state index in [1.807, 2.05) is 0 Å². The molecule has 0 fully saturated rings. The Morgan fingerprint density at radius 3 is 2.50 bits per heavy atom. The predicted octanol–water partition coefficient (Wildman–Crippen LogP) is 4.04. The molecule has 88 valence electrons. The van der Waals surface area contributed by atoms with E-state index in [1.54, 1.807) is 12.1 Å². The van der Waals surface area contributed by atoms with Gasteiger partial charge in [0, 0.05) is 10.5 Å². The summed E-state index contributed by atoms with van der Waals surface area (Å²) in [4.78, 5) is 0. The van der Waals surface area contributed by atoms with E-state index >= 15 is 0 Å². The number of rotatable bonds is 3. The largest absolute Gasteiger partial charge is 0.416 e. The lowest BCUT2D eigenvalue weighted by molar-refractivity contribution is -0.137. The van der Waals surface area contributed by atoms with Gasteiger partial charge < -0.3 is 5.73 Å². The number of halogens is 4. The molecule has 1 aromatic rings. The maximum atomic E-state index is 12.5. The molecule has 0 heterocycles. The van der Waals surface area contributed by atoms with Crippen molar-refractivity contribution < 1.29 is 13.2 Å². The molecular weight excluding hydrogens is 283 g/mol. The lowest BCUT2D eigenvalue weighted by Crippen LogP contribution is -2.12. The Bertz CT molecular complexity index is 387. The highest BCUT2D eigenvalue weighted by molar-refractivity contribution is 9.10. The van der Waals surface area contributed by atoms with E-state index in [9.17, 15) is 13.2 Å². The van der Waals surface area contributed by atoms with Crippen molar-refractivity contribution in [3.05, 3.63) is 46.5 Å². The minimum absolute atomic E-state index is 0.372. The topological polar surface area (TPSA) is 26.0 Å². The molecule has 0 aliphatic rings. The van der Waals surface area contributed by atoms with Gasteiger partial charge in [0.1, 0.15) is 0 Å². The lowest BCUT2D eigenvalue weighted by atomic mass is 10.0. The fraction of sp³-hybridized carbons (Fsp3) is 0.273. The number of benzene rings is 1. The Balaban J connectivity index is 3.12. The number of alkyl halides is 3. The summed E-state index contributed by atoms with van der Waals surface area (Å²) in [6.07, 6.45) is -2.33. The summed E-state index contributed by atoms with van der Waals surface area (Å²) in [5, 5.41) is 0. The fourth-order valence-electron chi connectivity index (χ4n) is 1.31. The highest BCUT2D eigenvalue weighted by Crippen LogP contribution is 2.33. The van der Waals surface area contributed by atoms with Crippen LogP contribution in [0.1, 0.15) is 23.6 Å². The summed E-state index contributed by atoms with van der Waals surface area (Å²) in [6, 6.07) is 3.23. The van der Waals surface area contributed by atoms with Crippen molar-refractivity contribution in [3.63, 3.8) is 0 Å². The van der Waals surface area contributed by atoms with Crippen molar-refractivity contribution in [1.82, 2.24) is 0 Å². The SMILES string of the molecule is C=CC[C@H](N)c1cc(Br)cc(C(F)(F)F)c1. The van der Waals surface area contributed by atoms with E-state index in [0.29, 0.717) is 16.5 Å². The zero-order chi connectivity index (χ0) is 12.3. The first-order chi connectivity index (χ1) is 7.34. The quantitative estimate of drug-likeness (QED) is 0.836. The number of hydrogen-bond acceptors (Lipinski definition) is 1. The molecule has 2 N–H and O–H groups in total. The van der Waals surface area contributed by atoms with E-state index in [1.165, 1.54) is 0 Å². The molecule has 1 nitrogen and oxygen atoms in total. The molecule has 0 radical (unpaired) electrons. The van der Waals surface area contributed by atoms with Gasteiger partial charge in [-0.1, -0.05) is 22.0 Å². The standard InChI is InChI=1S/C11H11BrF3N/c1-2-3-10(16)7-4-8(11(13,14)15)6-9(12)5-7/h2,4-6,10H,1,3,16H2/t10-/m0/s1. The van der Waals surface area contributed by atoms with Crippen LogP contribution >= 0.6 is 15.9 Å². The predicted molar refractivity (Wildman–Crippen MR) is 60.9 cm³/mol. The van der Waals surface area contributed by atoms with Crippen molar-refractivity contribution >= 4 is 15.9 Å². The van der Waals surface area contributed by atoms with Crippen LogP contribution in [0.25, 0.3) is 0 Å². The van der Waals surface area contributed by atoms with E-state index in [2.05, 4.69) is 22.5 Å². The molecule has 0 unspecified atom stereocenters. The van der Waals surface area contributed by atoms with Crippen molar-refractivity contribution in [2.75, 3.05) is 0 Å². The van der Waals surface area contributed by atoms with E-state index in [4.69, 9.17) is 5.73 Å². The highest BCUT2D eigenvalue weighted by Gasteiger charge is 2.31. The monoisotopic (exact) mass is 293 g/mol. The Labute approximate surface area is 100 Å². The minimum Gasteiger partial charge on any atom is -0.324 e. The van der Waals surface area contributed by atoms with Gasteiger partial charge in [-0.3, -0.25) is 0 Å².